The largest absolute Gasteiger partial charge is 0.394 e. The Balaban J connectivity index is 2.74. The fraction of sp³-hybridized carbons (Fsp3) is 0.727. The SMILES string of the molecule is CCCc1nn(C)c(NCC(C)S(C)=O)c1N. The maximum Gasteiger partial charge on any atom is 0.147 e. The summed E-state index contributed by atoms with van der Waals surface area (Å²) in [7, 11) is 1.04. The van der Waals surface area contributed by atoms with Crippen LogP contribution in [0.3, 0.4) is 0 Å². The van der Waals surface area contributed by atoms with Crippen LogP contribution in [0.4, 0.5) is 11.5 Å². The zero-order valence-corrected chi connectivity index (χ0v) is 11.8. The number of nitrogen functional groups attached to an aromatic ring is 1. The molecule has 0 amide bonds. The maximum atomic E-state index is 11.3. The van der Waals surface area contributed by atoms with Crippen LogP contribution in [-0.4, -0.2) is 32.0 Å². The molecule has 0 aromatic carbocycles. The average Bonchev–Trinajstić information content (AvgIpc) is 2.52. The molecule has 0 aliphatic heterocycles. The Bertz CT molecular complexity index is 402. The minimum atomic E-state index is -0.827. The lowest BCUT2D eigenvalue weighted by atomic mass is 10.2. The lowest BCUT2D eigenvalue weighted by Gasteiger charge is -2.11. The molecule has 0 radical (unpaired) electrons. The summed E-state index contributed by atoms with van der Waals surface area (Å²) in [6, 6.07) is 0. The highest BCUT2D eigenvalue weighted by Crippen LogP contribution is 2.22. The molecular formula is C11H22N4OS. The number of hydrogen-bond donors (Lipinski definition) is 2. The standard InChI is InChI=1S/C11H22N4OS/c1-5-6-9-10(12)11(15(3)14-9)13-7-8(2)17(4)16/h8,13H,5-7,12H2,1-4H3. The molecular weight excluding hydrogens is 236 g/mol. The van der Waals surface area contributed by atoms with Crippen molar-refractivity contribution < 1.29 is 4.21 Å². The molecule has 2 unspecified atom stereocenters. The van der Waals surface area contributed by atoms with Gasteiger partial charge in [-0.3, -0.25) is 8.89 Å². The zero-order valence-electron chi connectivity index (χ0n) is 11.0. The highest BCUT2D eigenvalue weighted by molar-refractivity contribution is 7.84. The highest BCUT2D eigenvalue weighted by Gasteiger charge is 2.14. The molecule has 0 saturated carbocycles. The van der Waals surface area contributed by atoms with E-state index < -0.39 is 10.8 Å². The summed E-state index contributed by atoms with van der Waals surface area (Å²) in [5.74, 6) is 0.825. The van der Waals surface area contributed by atoms with Gasteiger partial charge in [0, 0.05) is 35.9 Å². The molecule has 6 heteroatoms. The minimum absolute atomic E-state index is 0.0962. The van der Waals surface area contributed by atoms with Crippen LogP contribution in [0, 0.1) is 0 Å². The van der Waals surface area contributed by atoms with Crippen molar-refractivity contribution >= 4 is 22.3 Å². The molecule has 3 N–H and O–H groups in total. The van der Waals surface area contributed by atoms with Crippen LogP contribution in [0.25, 0.3) is 0 Å². The van der Waals surface area contributed by atoms with Crippen molar-refractivity contribution in [3.05, 3.63) is 5.69 Å². The third kappa shape index (κ3) is 3.46. The predicted molar refractivity (Wildman–Crippen MR) is 73.6 cm³/mol. The van der Waals surface area contributed by atoms with Crippen molar-refractivity contribution in [2.24, 2.45) is 7.05 Å². The second-order valence-corrected chi connectivity index (χ2v) is 6.07. The molecule has 0 aliphatic rings. The topological polar surface area (TPSA) is 72.9 Å². The molecule has 0 spiro atoms. The van der Waals surface area contributed by atoms with E-state index in [0.29, 0.717) is 12.2 Å². The van der Waals surface area contributed by atoms with Gasteiger partial charge in [0.05, 0.1) is 11.4 Å². The molecule has 1 aromatic heterocycles. The van der Waals surface area contributed by atoms with E-state index in [2.05, 4.69) is 17.3 Å². The average molecular weight is 258 g/mol. The summed E-state index contributed by atoms with van der Waals surface area (Å²) in [4.78, 5) is 0. The molecule has 0 aliphatic carbocycles. The fourth-order valence-corrected chi connectivity index (χ4v) is 1.90. The molecule has 0 fully saturated rings. The van der Waals surface area contributed by atoms with Crippen molar-refractivity contribution in [1.82, 2.24) is 9.78 Å². The van der Waals surface area contributed by atoms with Crippen LogP contribution in [0.5, 0.6) is 0 Å². The highest BCUT2D eigenvalue weighted by atomic mass is 32.2. The number of nitrogens with two attached hydrogens (primary N) is 1. The first-order valence-corrected chi connectivity index (χ1v) is 7.46. The maximum absolute atomic E-state index is 11.3. The van der Waals surface area contributed by atoms with Gasteiger partial charge >= 0.3 is 0 Å². The molecule has 1 rings (SSSR count). The Morgan fingerprint density at radius 3 is 2.76 bits per heavy atom. The van der Waals surface area contributed by atoms with Crippen LogP contribution in [-0.2, 0) is 24.3 Å². The molecule has 2 atom stereocenters. The zero-order chi connectivity index (χ0) is 13.0. The van der Waals surface area contributed by atoms with E-state index in [1.807, 2.05) is 14.0 Å². The minimum Gasteiger partial charge on any atom is -0.394 e. The summed E-state index contributed by atoms with van der Waals surface area (Å²) in [6.07, 6.45) is 3.62. The molecule has 17 heavy (non-hydrogen) atoms. The summed E-state index contributed by atoms with van der Waals surface area (Å²) >= 11 is 0. The Morgan fingerprint density at radius 2 is 2.24 bits per heavy atom. The Hall–Kier alpha value is -1.04. The van der Waals surface area contributed by atoms with Gasteiger partial charge in [-0.25, -0.2) is 0 Å². The molecule has 98 valence electrons. The van der Waals surface area contributed by atoms with E-state index in [1.54, 1.807) is 10.9 Å². The van der Waals surface area contributed by atoms with Gasteiger partial charge in [0.1, 0.15) is 5.82 Å². The molecule has 0 bridgehead atoms. The quantitative estimate of drug-likeness (QED) is 0.802. The number of rotatable bonds is 6. The van der Waals surface area contributed by atoms with E-state index in [9.17, 15) is 4.21 Å². The van der Waals surface area contributed by atoms with Gasteiger partial charge in [-0.2, -0.15) is 5.10 Å². The summed E-state index contributed by atoms with van der Waals surface area (Å²) < 4.78 is 13.0. The van der Waals surface area contributed by atoms with Crippen LogP contribution in [0.2, 0.25) is 0 Å². The lowest BCUT2D eigenvalue weighted by molar-refractivity contribution is 0.678. The van der Waals surface area contributed by atoms with Crippen LogP contribution in [0.15, 0.2) is 0 Å². The van der Waals surface area contributed by atoms with Gasteiger partial charge in [0.15, 0.2) is 0 Å². The number of aromatic nitrogens is 2. The monoisotopic (exact) mass is 258 g/mol. The smallest absolute Gasteiger partial charge is 0.147 e. The molecule has 5 nitrogen and oxygen atoms in total. The number of aryl methyl sites for hydroxylation is 2. The summed E-state index contributed by atoms with van der Waals surface area (Å²) in [5.41, 5.74) is 7.68. The van der Waals surface area contributed by atoms with Gasteiger partial charge < -0.3 is 11.1 Å². The van der Waals surface area contributed by atoms with E-state index >= 15 is 0 Å². The van der Waals surface area contributed by atoms with Gasteiger partial charge in [0.25, 0.3) is 0 Å². The lowest BCUT2D eigenvalue weighted by Crippen LogP contribution is -2.22. The molecule has 0 saturated heterocycles. The normalized spacial score (nSPS) is 14.6. The molecule has 1 heterocycles. The number of hydrogen-bond acceptors (Lipinski definition) is 4. The molecule has 1 aromatic rings. The van der Waals surface area contributed by atoms with Crippen LogP contribution in [0.1, 0.15) is 26.0 Å². The number of anilines is 2. The number of nitrogens with zero attached hydrogens (tertiary/aromatic N) is 2. The van der Waals surface area contributed by atoms with Crippen molar-refractivity contribution in [2.75, 3.05) is 23.9 Å². The van der Waals surface area contributed by atoms with Gasteiger partial charge in [-0.05, 0) is 13.3 Å². The van der Waals surface area contributed by atoms with Crippen molar-refractivity contribution in [1.29, 1.82) is 0 Å². The summed E-state index contributed by atoms with van der Waals surface area (Å²) in [5, 5.41) is 7.70. The summed E-state index contributed by atoms with van der Waals surface area (Å²) in [6.45, 7) is 4.69. The van der Waals surface area contributed by atoms with Crippen LogP contribution < -0.4 is 11.1 Å². The Kier molecular flexibility index (Phi) is 4.99. The van der Waals surface area contributed by atoms with Crippen molar-refractivity contribution in [3.8, 4) is 0 Å². The predicted octanol–water partition coefficient (Wildman–Crippen LogP) is 1.13. The number of nitrogens with one attached hydrogen (secondary N) is 1. The second kappa shape index (κ2) is 6.05. The van der Waals surface area contributed by atoms with Crippen LogP contribution >= 0.6 is 0 Å². The third-order valence-electron chi connectivity index (χ3n) is 2.77. The first-order valence-electron chi connectivity index (χ1n) is 5.84. The van der Waals surface area contributed by atoms with Gasteiger partial charge in [-0.15, -0.1) is 0 Å². The van der Waals surface area contributed by atoms with Gasteiger partial charge in [0.2, 0.25) is 0 Å². The van der Waals surface area contributed by atoms with E-state index in [1.165, 1.54) is 0 Å². The first-order chi connectivity index (χ1) is 7.97. The van der Waals surface area contributed by atoms with Gasteiger partial charge in [-0.1, -0.05) is 13.3 Å². The first kappa shape index (κ1) is 14.0. The van der Waals surface area contributed by atoms with E-state index in [4.69, 9.17) is 5.73 Å². The fourth-order valence-electron chi connectivity index (χ4n) is 1.58. The van der Waals surface area contributed by atoms with E-state index in [-0.39, 0.29) is 5.25 Å². The second-order valence-electron chi connectivity index (χ2n) is 4.27. The van der Waals surface area contributed by atoms with Crippen molar-refractivity contribution in [3.63, 3.8) is 0 Å². The Labute approximate surface area is 105 Å². The third-order valence-corrected chi connectivity index (χ3v) is 4.07. The van der Waals surface area contributed by atoms with Crippen molar-refractivity contribution in [2.45, 2.75) is 31.9 Å². The van der Waals surface area contributed by atoms with E-state index in [0.717, 1.165) is 24.4 Å². The Morgan fingerprint density at radius 1 is 1.59 bits per heavy atom.